The fraction of sp³-hybridized carbons (Fsp3) is 0.556. The highest BCUT2D eigenvalue weighted by molar-refractivity contribution is 5.82. The second-order valence-electron chi connectivity index (χ2n) is 6.38. The van der Waals surface area contributed by atoms with E-state index in [4.69, 9.17) is 14.2 Å². The van der Waals surface area contributed by atoms with E-state index in [0.717, 1.165) is 5.56 Å². The molecular weight excluding hydrogens is 310 g/mol. The van der Waals surface area contributed by atoms with Crippen LogP contribution in [0.1, 0.15) is 40.2 Å². The number of benzene rings is 1. The molecule has 0 aliphatic heterocycles. The van der Waals surface area contributed by atoms with Crippen LogP contribution in [0.25, 0.3) is 0 Å². The van der Waals surface area contributed by atoms with E-state index in [2.05, 4.69) is 5.32 Å². The molecule has 0 spiro atoms. The highest BCUT2D eigenvalue weighted by Crippen LogP contribution is 2.10. The summed E-state index contributed by atoms with van der Waals surface area (Å²) < 4.78 is 15.9. The van der Waals surface area contributed by atoms with E-state index in [9.17, 15) is 9.59 Å². The van der Waals surface area contributed by atoms with Gasteiger partial charge in [0.25, 0.3) is 0 Å². The van der Waals surface area contributed by atoms with Crippen LogP contribution in [0.4, 0.5) is 4.79 Å². The number of ether oxygens (including phenoxy) is 3. The van der Waals surface area contributed by atoms with Crippen LogP contribution in [0.5, 0.6) is 0 Å². The number of hydrogen-bond donors (Lipinski definition) is 1. The van der Waals surface area contributed by atoms with Gasteiger partial charge in [0.15, 0.2) is 6.04 Å². The van der Waals surface area contributed by atoms with E-state index < -0.39 is 29.8 Å². The lowest BCUT2D eigenvalue weighted by Gasteiger charge is -2.26. The van der Waals surface area contributed by atoms with Crippen LogP contribution >= 0.6 is 0 Å². The molecule has 1 amide bonds. The van der Waals surface area contributed by atoms with Crippen LogP contribution in [-0.2, 0) is 25.6 Å². The summed E-state index contributed by atoms with van der Waals surface area (Å²) in [5, 5.41) is 2.53. The number of hydrogen-bond acceptors (Lipinski definition) is 5. The molecule has 0 radical (unpaired) electrons. The summed E-state index contributed by atoms with van der Waals surface area (Å²) in [5.41, 5.74) is 0.211. The van der Waals surface area contributed by atoms with E-state index in [-0.39, 0.29) is 6.61 Å². The lowest BCUT2D eigenvalue weighted by Crippen LogP contribution is -2.50. The lowest BCUT2D eigenvalue weighted by molar-refractivity contribution is -0.151. The van der Waals surface area contributed by atoms with Crippen LogP contribution in [-0.4, -0.2) is 36.4 Å². The average molecular weight is 337 g/mol. The number of esters is 1. The molecule has 6 nitrogen and oxygen atoms in total. The molecule has 2 atom stereocenters. The minimum atomic E-state index is -0.941. The zero-order valence-corrected chi connectivity index (χ0v) is 15.0. The van der Waals surface area contributed by atoms with Crippen molar-refractivity contribution in [2.75, 3.05) is 6.61 Å². The van der Waals surface area contributed by atoms with Gasteiger partial charge in [-0.2, -0.15) is 0 Å². The van der Waals surface area contributed by atoms with Crippen molar-refractivity contribution >= 4 is 12.1 Å². The van der Waals surface area contributed by atoms with Crippen molar-refractivity contribution in [2.24, 2.45) is 0 Å². The van der Waals surface area contributed by atoms with Crippen LogP contribution in [0.15, 0.2) is 30.3 Å². The molecule has 6 heteroatoms. The van der Waals surface area contributed by atoms with Crippen molar-refractivity contribution in [1.82, 2.24) is 5.32 Å². The maximum atomic E-state index is 12.4. The van der Waals surface area contributed by atoms with Gasteiger partial charge in [-0.05, 0) is 40.2 Å². The number of nitrogens with one attached hydrogen (secondary N) is 1. The molecule has 1 aromatic carbocycles. The van der Waals surface area contributed by atoms with Gasteiger partial charge in [-0.1, -0.05) is 30.3 Å². The largest absolute Gasteiger partial charge is 0.459 e. The number of carbonyl (C=O) groups is 2. The number of amides is 1. The predicted octanol–water partition coefficient (Wildman–Crippen LogP) is 3.05. The second kappa shape index (κ2) is 9.27. The molecule has 1 N–H and O–H groups in total. The second-order valence-corrected chi connectivity index (χ2v) is 6.38. The molecule has 0 saturated carbocycles. The molecule has 0 bridgehead atoms. The monoisotopic (exact) mass is 337 g/mol. The number of alkyl carbamates (subject to hydrolysis) is 1. The third-order valence-corrected chi connectivity index (χ3v) is 3.05. The van der Waals surface area contributed by atoms with Gasteiger partial charge in [-0.15, -0.1) is 0 Å². The first-order valence-electron chi connectivity index (χ1n) is 8.04. The molecule has 24 heavy (non-hydrogen) atoms. The van der Waals surface area contributed by atoms with E-state index in [1.807, 2.05) is 37.3 Å². The molecule has 0 aliphatic carbocycles. The minimum Gasteiger partial charge on any atom is -0.459 e. The van der Waals surface area contributed by atoms with Crippen molar-refractivity contribution in [3.63, 3.8) is 0 Å². The Balaban J connectivity index is 2.69. The molecule has 2 unspecified atom stereocenters. The normalized spacial score (nSPS) is 13.7. The molecule has 0 heterocycles. The summed E-state index contributed by atoms with van der Waals surface area (Å²) in [6.07, 6.45) is -1.22. The molecule has 0 fully saturated rings. The topological polar surface area (TPSA) is 73.9 Å². The first-order chi connectivity index (χ1) is 11.2. The Kier molecular flexibility index (Phi) is 7.71. The van der Waals surface area contributed by atoms with Gasteiger partial charge in [0.2, 0.25) is 0 Å². The van der Waals surface area contributed by atoms with Crippen molar-refractivity contribution < 1.29 is 23.8 Å². The van der Waals surface area contributed by atoms with Gasteiger partial charge in [-0.3, -0.25) is 0 Å². The fourth-order valence-electron chi connectivity index (χ4n) is 1.98. The highest BCUT2D eigenvalue weighted by atomic mass is 16.6. The third kappa shape index (κ3) is 7.46. The zero-order chi connectivity index (χ0) is 18.2. The van der Waals surface area contributed by atoms with Crippen LogP contribution < -0.4 is 5.32 Å². The summed E-state index contributed by atoms with van der Waals surface area (Å²) in [5.74, 6) is -0.564. The quantitative estimate of drug-likeness (QED) is 0.774. The Bertz CT molecular complexity index is 524. The Labute approximate surface area is 143 Å². The molecule has 0 aromatic heterocycles. The van der Waals surface area contributed by atoms with E-state index in [1.165, 1.54) is 0 Å². The molecule has 1 aromatic rings. The van der Waals surface area contributed by atoms with E-state index in [1.54, 1.807) is 27.7 Å². The summed E-state index contributed by atoms with van der Waals surface area (Å²) >= 11 is 0. The van der Waals surface area contributed by atoms with Gasteiger partial charge < -0.3 is 19.5 Å². The van der Waals surface area contributed by atoms with Gasteiger partial charge in [0.05, 0.1) is 6.10 Å². The van der Waals surface area contributed by atoms with Crippen LogP contribution in [0, 0.1) is 0 Å². The van der Waals surface area contributed by atoms with Crippen molar-refractivity contribution in [3.8, 4) is 0 Å². The Morgan fingerprint density at radius 3 is 2.33 bits per heavy atom. The highest BCUT2D eigenvalue weighted by Gasteiger charge is 2.30. The van der Waals surface area contributed by atoms with Crippen molar-refractivity contribution in [1.29, 1.82) is 0 Å². The minimum absolute atomic E-state index is 0.130. The van der Waals surface area contributed by atoms with Crippen molar-refractivity contribution in [2.45, 2.75) is 59.0 Å². The standard InChI is InChI=1S/C18H27NO5/c1-6-22-13(2)15(19-17(21)24-18(3,4)5)16(20)23-12-14-10-8-7-9-11-14/h7-11,13,15H,6,12H2,1-5H3,(H,19,21). The zero-order valence-electron chi connectivity index (χ0n) is 15.0. The molecular formula is C18H27NO5. The Morgan fingerprint density at radius 2 is 1.79 bits per heavy atom. The predicted molar refractivity (Wildman–Crippen MR) is 90.5 cm³/mol. The summed E-state index contributed by atoms with van der Waals surface area (Å²) in [6, 6.07) is 8.38. The van der Waals surface area contributed by atoms with Crippen molar-refractivity contribution in [3.05, 3.63) is 35.9 Å². The third-order valence-electron chi connectivity index (χ3n) is 3.05. The van der Waals surface area contributed by atoms with Crippen LogP contribution in [0.2, 0.25) is 0 Å². The lowest BCUT2D eigenvalue weighted by atomic mass is 10.2. The maximum absolute atomic E-state index is 12.4. The average Bonchev–Trinajstić information content (AvgIpc) is 2.50. The summed E-state index contributed by atoms with van der Waals surface area (Å²) in [7, 11) is 0. The fourth-order valence-corrected chi connectivity index (χ4v) is 1.98. The molecule has 0 aliphatic rings. The van der Waals surface area contributed by atoms with E-state index >= 15 is 0 Å². The Hall–Kier alpha value is -2.08. The molecule has 0 saturated heterocycles. The van der Waals surface area contributed by atoms with E-state index in [0.29, 0.717) is 6.61 Å². The molecule has 1 rings (SSSR count). The molecule has 134 valence electrons. The smallest absolute Gasteiger partial charge is 0.408 e. The van der Waals surface area contributed by atoms with Gasteiger partial charge in [-0.25, -0.2) is 9.59 Å². The van der Waals surface area contributed by atoms with Gasteiger partial charge in [0.1, 0.15) is 12.2 Å². The number of carbonyl (C=O) groups excluding carboxylic acids is 2. The van der Waals surface area contributed by atoms with Crippen LogP contribution in [0.3, 0.4) is 0 Å². The Morgan fingerprint density at radius 1 is 1.17 bits per heavy atom. The summed E-state index contributed by atoms with van der Waals surface area (Å²) in [4.78, 5) is 24.3. The first-order valence-corrected chi connectivity index (χ1v) is 8.04. The summed E-state index contributed by atoms with van der Waals surface area (Å²) in [6.45, 7) is 9.32. The van der Waals surface area contributed by atoms with Gasteiger partial charge >= 0.3 is 12.1 Å². The number of rotatable bonds is 7. The van der Waals surface area contributed by atoms with Gasteiger partial charge in [0, 0.05) is 6.61 Å². The first kappa shape index (κ1) is 20.0. The SMILES string of the molecule is CCOC(C)C(NC(=O)OC(C)(C)C)C(=O)OCc1ccccc1. The maximum Gasteiger partial charge on any atom is 0.408 e.